The van der Waals surface area contributed by atoms with Crippen LogP contribution in [0.5, 0.6) is 0 Å². The highest BCUT2D eigenvalue weighted by atomic mass is 16.2. The Kier molecular flexibility index (Phi) is 4.59. The average Bonchev–Trinajstić information content (AvgIpc) is 3.13. The molecule has 23 heavy (non-hydrogen) atoms. The molecule has 2 aromatic heterocycles. The number of anilines is 1. The highest BCUT2D eigenvalue weighted by Gasteiger charge is 2.21. The van der Waals surface area contributed by atoms with Crippen LogP contribution in [-0.4, -0.2) is 36.6 Å². The lowest BCUT2D eigenvalue weighted by Gasteiger charge is -2.23. The summed E-state index contributed by atoms with van der Waals surface area (Å²) in [6.07, 6.45) is 7.18. The molecule has 3 rings (SSSR count). The third-order valence-corrected chi connectivity index (χ3v) is 4.22. The van der Waals surface area contributed by atoms with E-state index in [4.69, 9.17) is 0 Å². The van der Waals surface area contributed by atoms with E-state index < -0.39 is 0 Å². The van der Waals surface area contributed by atoms with Crippen molar-refractivity contribution < 1.29 is 4.79 Å². The predicted octanol–water partition coefficient (Wildman–Crippen LogP) is 1.72. The van der Waals surface area contributed by atoms with E-state index in [1.165, 1.54) is 0 Å². The van der Waals surface area contributed by atoms with Crippen LogP contribution in [0.25, 0.3) is 0 Å². The molecule has 1 aliphatic heterocycles. The van der Waals surface area contributed by atoms with E-state index in [0.29, 0.717) is 6.54 Å². The van der Waals surface area contributed by atoms with E-state index in [2.05, 4.69) is 32.7 Å². The lowest BCUT2D eigenvalue weighted by molar-refractivity contribution is 0.243. The van der Waals surface area contributed by atoms with Crippen molar-refractivity contribution in [3.8, 4) is 0 Å². The SMILES string of the molecule is CCCCn1ncc(NC(=O)N[C@H]2CCc3ncnn3C2)c1C. The molecule has 1 aliphatic rings. The molecular weight excluding hydrogens is 294 g/mol. The van der Waals surface area contributed by atoms with Crippen molar-refractivity contribution >= 4 is 11.7 Å². The van der Waals surface area contributed by atoms with Gasteiger partial charge in [0.2, 0.25) is 0 Å². The number of carbonyl (C=O) groups is 1. The first kappa shape index (κ1) is 15.5. The molecule has 0 fully saturated rings. The van der Waals surface area contributed by atoms with Gasteiger partial charge in [-0.3, -0.25) is 4.68 Å². The van der Waals surface area contributed by atoms with Crippen molar-refractivity contribution in [1.29, 1.82) is 0 Å². The van der Waals surface area contributed by atoms with Gasteiger partial charge in [0.1, 0.15) is 12.2 Å². The molecule has 1 atom stereocenters. The summed E-state index contributed by atoms with van der Waals surface area (Å²) in [5, 5.41) is 14.4. The molecule has 0 unspecified atom stereocenters. The van der Waals surface area contributed by atoms with Crippen LogP contribution in [-0.2, 0) is 19.5 Å². The number of nitrogens with zero attached hydrogens (tertiary/aromatic N) is 5. The predicted molar refractivity (Wildman–Crippen MR) is 86.2 cm³/mol. The van der Waals surface area contributed by atoms with Gasteiger partial charge in [-0.25, -0.2) is 14.5 Å². The summed E-state index contributed by atoms with van der Waals surface area (Å²) in [5.74, 6) is 0.983. The van der Waals surface area contributed by atoms with Gasteiger partial charge in [-0.1, -0.05) is 13.3 Å². The zero-order valence-electron chi connectivity index (χ0n) is 13.6. The maximum absolute atomic E-state index is 12.2. The Bertz CT molecular complexity index is 675. The van der Waals surface area contributed by atoms with Crippen LogP contribution < -0.4 is 10.6 Å². The van der Waals surface area contributed by atoms with Crippen molar-refractivity contribution in [2.75, 3.05) is 5.32 Å². The van der Waals surface area contributed by atoms with Crippen molar-refractivity contribution in [3.63, 3.8) is 0 Å². The van der Waals surface area contributed by atoms with Crippen LogP contribution in [0, 0.1) is 6.92 Å². The number of aromatic nitrogens is 5. The number of hydrogen-bond donors (Lipinski definition) is 2. The maximum atomic E-state index is 12.2. The van der Waals surface area contributed by atoms with E-state index in [1.807, 2.05) is 16.3 Å². The largest absolute Gasteiger partial charge is 0.333 e. The Morgan fingerprint density at radius 1 is 1.43 bits per heavy atom. The quantitative estimate of drug-likeness (QED) is 0.878. The molecule has 3 heterocycles. The number of nitrogens with one attached hydrogen (secondary N) is 2. The Morgan fingerprint density at radius 3 is 3.13 bits per heavy atom. The molecule has 0 saturated carbocycles. The summed E-state index contributed by atoms with van der Waals surface area (Å²) in [6.45, 7) is 5.66. The first-order valence-corrected chi connectivity index (χ1v) is 8.14. The van der Waals surface area contributed by atoms with Gasteiger partial charge in [0.25, 0.3) is 0 Å². The molecular formula is C15H23N7O. The van der Waals surface area contributed by atoms with Gasteiger partial charge in [-0.2, -0.15) is 10.2 Å². The van der Waals surface area contributed by atoms with Crippen molar-refractivity contribution in [1.82, 2.24) is 29.9 Å². The second-order valence-corrected chi connectivity index (χ2v) is 5.91. The monoisotopic (exact) mass is 317 g/mol. The third kappa shape index (κ3) is 3.52. The second-order valence-electron chi connectivity index (χ2n) is 5.91. The van der Waals surface area contributed by atoms with Crippen LogP contribution in [0.4, 0.5) is 10.5 Å². The van der Waals surface area contributed by atoms with E-state index in [9.17, 15) is 4.79 Å². The van der Waals surface area contributed by atoms with Gasteiger partial charge >= 0.3 is 6.03 Å². The van der Waals surface area contributed by atoms with E-state index in [0.717, 1.165) is 49.4 Å². The van der Waals surface area contributed by atoms with Crippen molar-refractivity contribution in [3.05, 3.63) is 24.0 Å². The molecule has 0 spiro atoms. The Hall–Kier alpha value is -2.38. The third-order valence-electron chi connectivity index (χ3n) is 4.22. The molecule has 0 radical (unpaired) electrons. The van der Waals surface area contributed by atoms with Gasteiger partial charge in [-0.05, 0) is 19.8 Å². The summed E-state index contributed by atoms with van der Waals surface area (Å²) < 4.78 is 3.78. The fourth-order valence-electron chi connectivity index (χ4n) is 2.80. The average molecular weight is 317 g/mol. The van der Waals surface area contributed by atoms with Gasteiger partial charge < -0.3 is 10.6 Å². The summed E-state index contributed by atoms with van der Waals surface area (Å²) in [6, 6.07) is -0.128. The summed E-state index contributed by atoms with van der Waals surface area (Å²) in [7, 11) is 0. The first-order valence-electron chi connectivity index (χ1n) is 8.14. The second kappa shape index (κ2) is 6.80. The number of fused-ring (bicyclic) bond motifs is 1. The highest BCUT2D eigenvalue weighted by Crippen LogP contribution is 2.15. The lowest BCUT2D eigenvalue weighted by atomic mass is 10.1. The molecule has 0 aliphatic carbocycles. The summed E-state index contributed by atoms with van der Waals surface area (Å²) in [5.41, 5.74) is 1.74. The molecule has 2 aromatic rings. The Morgan fingerprint density at radius 2 is 2.30 bits per heavy atom. The molecule has 0 bridgehead atoms. The topological polar surface area (TPSA) is 89.7 Å². The van der Waals surface area contributed by atoms with Crippen molar-refractivity contribution in [2.24, 2.45) is 0 Å². The zero-order valence-corrected chi connectivity index (χ0v) is 13.6. The number of hydrogen-bond acceptors (Lipinski definition) is 4. The van der Waals surface area contributed by atoms with Crippen LogP contribution in [0.2, 0.25) is 0 Å². The van der Waals surface area contributed by atoms with E-state index >= 15 is 0 Å². The minimum atomic E-state index is -0.197. The Balaban J connectivity index is 1.55. The van der Waals surface area contributed by atoms with E-state index in [1.54, 1.807) is 12.5 Å². The molecule has 124 valence electrons. The Labute approximate surface area is 135 Å². The zero-order chi connectivity index (χ0) is 16.2. The number of rotatable bonds is 5. The number of unbranched alkanes of at least 4 members (excludes halogenated alkanes) is 1. The first-order chi connectivity index (χ1) is 11.2. The number of amides is 2. The molecule has 0 aromatic carbocycles. The van der Waals surface area contributed by atoms with Crippen LogP contribution >= 0.6 is 0 Å². The van der Waals surface area contributed by atoms with Crippen LogP contribution in [0.3, 0.4) is 0 Å². The molecule has 0 saturated heterocycles. The smallest absolute Gasteiger partial charge is 0.319 e. The van der Waals surface area contributed by atoms with Gasteiger partial charge in [0, 0.05) is 13.0 Å². The van der Waals surface area contributed by atoms with Crippen LogP contribution in [0.15, 0.2) is 12.5 Å². The lowest BCUT2D eigenvalue weighted by Crippen LogP contribution is -2.43. The molecule has 8 heteroatoms. The van der Waals surface area contributed by atoms with Gasteiger partial charge in [-0.15, -0.1) is 0 Å². The number of carbonyl (C=O) groups excluding carboxylic acids is 1. The highest BCUT2D eigenvalue weighted by molar-refractivity contribution is 5.89. The fourth-order valence-corrected chi connectivity index (χ4v) is 2.80. The van der Waals surface area contributed by atoms with Gasteiger partial charge in [0.05, 0.1) is 30.2 Å². The standard InChI is InChI=1S/C15H23N7O/c1-3-4-7-21-11(2)13(8-17-21)20-15(23)19-12-5-6-14-16-10-18-22(14)9-12/h8,10,12H,3-7,9H2,1-2H3,(H2,19,20,23)/t12-/m0/s1. The molecule has 8 nitrogen and oxygen atoms in total. The van der Waals surface area contributed by atoms with Gasteiger partial charge in [0.15, 0.2) is 0 Å². The molecule has 2 N–H and O–H groups in total. The van der Waals surface area contributed by atoms with Crippen LogP contribution in [0.1, 0.15) is 37.7 Å². The molecule has 2 amide bonds. The van der Waals surface area contributed by atoms with E-state index in [-0.39, 0.29) is 12.1 Å². The summed E-state index contributed by atoms with van der Waals surface area (Å²) in [4.78, 5) is 16.4. The number of aryl methyl sites for hydroxylation is 2. The fraction of sp³-hybridized carbons (Fsp3) is 0.600. The normalized spacial score (nSPS) is 16.9. The minimum Gasteiger partial charge on any atom is -0.333 e. The maximum Gasteiger partial charge on any atom is 0.319 e. The minimum absolute atomic E-state index is 0.0691. The summed E-state index contributed by atoms with van der Waals surface area (Å²) >= 11 is 0. The number of urea groups is 1. The van der Waals surface area contributed by atoms with Crippen molar-refractivity contribution in [2.45, 2.75) is 58.7 Å².